The second-order valence-electron chi connectivity index (χ2n) is 6.12. The highest BCUT2D eigenvalue weighted by atomic mass is 15.2. The molecule has 1 aliphatic carbocycles. The van der Waals surface area contributed by atoms with Crippen molar-refractivity contribution in [2.45, 2.75) is 38.3 Å². The van der Waals surface area contributed by atoms with Gasteiger partial charge in [-0.05, 0) is 51.4 Å². The van der Waals surface area contributed by atoms with Gasteiger partial charge in [0.25, 0.3) is 0 Å². The highest BCUT2D eigenvalue weighted by molar-refractivity contribution is 5.59. The zero-order chi connectivity index (χ0) is 14.0. The zero-order valence-corrected chi connectivity index (χ0v) is 12.7. The SMILES string of the molecule is Cc1cccc(CN)c1N(C)CC1(N(C)C)CCC1. The summed E-state index contributed by atoms with van der Waals surface area (Å²) in [5.74, 6) is 0. The molecule has 0 amide bonds. The summed E-state index contributed by atoms with van der Waals surface area (Å²) in [5, 5.41) is 0. The third-order valence-electron chi connectivity index (χ3n) is 4.69. The normalized spacial score (nSPS) is 17.4. The number of aryl methyl sites for hydroxylation is 1. The zero-order valence-electron chi connectivity index (χ0n) is 12.7. The molecular weight excluding hydrogens is 234 g/mol. The van der Waals surface area contributed by atoms with Crippen LogP contribution in [0.1, 0.15) is 30.4 Å². The van der Waals surface area contributed by atoms with Gasteiger partial charge in [0.2, 0.25) is 0 Å². The van der Waals surface area contributed by atoms with Crippen molar-refractivity contribution in [2.24, 2.45) is 5.73 Å². The molecule has 0 aliphatic heterocycles. The van der Waals surface area contributed by atoms with Crippen LogP contribution in [0, 0.1) is 6.92 Å². The summed E-state index contributed by atoms with van der Waals surface area (Å²) in [6.45, 7) is 3.86. The molecule has 106 valence electrons. The number of anilines is 1. The summed E-state index contributed by atoms with van der Waals surface area (Å²) in [5.41, 5.74) is 10.1. The molecule has 1 aliphatic rings. The number of nitrogens with two attached hydrogens (primary N) is 1. The van der Waals surface area contributed by atoms with Gasteiger partial charge < -0.3 is 15.5 Å². The monoisotopic (exact) mass is 261 g/mol. The topological polar surface area (TPSA) is 32.5 Å². The van der Waals surface area contributed by atoms with Gasteiger partial charge in [0.05, 0.1) is 0 Å². The third-order valence-corrected chi connectivity index (χ3v) is 4.69. The molecule has 0 radical (unpaired) electrons. The molecule has 2 N–H and O–H groups in total. The lowest BCUT2D eigenvalue weighted by atomic mass is 9.75. The first-order valence-corrected chi connectivity index (χ1v) is 7.17. The van der Waals surface area contributed by atoms with E-state index in [1.165, 1.54) is 36.1 Å². The van der Waals surface area contributed by atoms with Crippen LogP contribution in [-0.4, -0.2) is 38.1 Å². The van der Waals surface area contributed by atoms with Gasteiger partial charge in [0, 0.05) is 31.4 Å². The van der Waals surface area contributed by atoms with Gasteiger partial charge in [-0.2, -0.15) is 0 Å². The lowest BCUT2D eigenvalue weighted by Crippen LogP contribution is -2.57. The summed E-state index contributed by atoms with van der Waals surface area (Å²) < 4.78 is 0. The highest BCUT2D eigenvalue weighted by Crippen LogP contribution is 2.38. The number of likely N-dealkylation sites (N-methyl/N-ethyl adjacent to an activating group) is 2. The van der Waals surface area contributed by atoms with Crippen molar-refractivity contribution in [3.05, 3.63) is 29.3 Å². The van der Waals surface area contributed by atoms with Gasteiger partial charge in [-0.1, -0.05) is 18.2 Å². The number of hydrogen-bond acceptors (Lipinski definition) is 3. The molecule has 0 aromatic heterocycles. The second kappa shape index (κ2) is 5.51. The summed E-state index contributed by atoms with van der Waals surface area (Å²) in [4.78, 5) is 4.80. The maximum atomic E-state index is 5.89. The van der Waals surface area contributed by atoms with Gasteiger partial charge in [-0.3, -0.25) is 0 Å². The molecule has 3 nitrogen and oxygen atoms in total. The number of rotatable bonds is 5. The van der Waals surface area contributed by atoms with Crippen LogP contribution in [0.5, 0.6) is 0 Å². The van der Waals surface area contributed by atoms with Crippen LogP contribution in [0.4, 0.5) is 5.69 Å². The van der Waals surface area contributed by atoms with E-state index in [4.69, 9.17) is 5.73 Å². The Labute approximate surface area is 117 Å². The number of benzene rings is 1. The average Bonchev–Trinajstić information content (AvgIpc) is 2.32. The third kappa shape index (κ3) is 2.63. The first-order chi connectivity index (χ1) is 9.00. The van der Waals surface area contributed by atoms with E-state index in [1.54, 1.807) is 0 Å². The van der Waals surface area contributed by atoms with Crippen LogP contribution in [0.3, 0.4) is 0 Å². The standard InChI is InChI=1S/C16H27N3/c1-13-7-5-8-14(11-17)15(13)19(4)12-16(18(2)3)9-6-10-16/h5,7-8H,6,9-12,17H2,1-4H3. The fourth-order valence-electron chi connectivity index (χ4n) is 3.28. The Morgan fingerprint density at radius 1 is 1.21 bits per heavy atom. The van der Waals surface area contributed by atoms with E-state index in [2.05, 4.69) is 56.1 Å². The minimum atomic E-state index is 0.350. The molecule has 0 bridgehead atoms. The molecule has 0 atom stereocenters. The first kappa shape index (κ1) is 14.4. The van der Waals surface area contributed by atoms with E-state index in [0.717, 1.165) is 6.54 Å². The minimum Gasteiger partial charge on any atom is -0.372 e. The molecule has 0 unspecified atom stereocenters. The number of nitrogens with zero attached hydrogens (tertiary/aromatic N) is 2. The van der Waals surface area contributed by atoms with Crippen LogP contribution in [-0.2, 0) is 6.54 Å². The van der Waals surface area contributed by atoms with E-state index in [0.29, 0.717) is 12.1 Å². The predicted molar refractivity (Wildman–Crippen MR) is 82.6 cm³/mol. The van der Waals surface area contributed by atoms with E-state index in [-0.39, 0.29) is 0 Å². The average molecular weight is 261 g/mol. The Bertz CT molecular complexity index is 436. The van der Waals surface area contributed by atoms with Gasteiger partial charge in [0.1, 0.15) is 0 Å². The minimum absolute atomic E-state index is 0.350. The number of hydrogen-bond donors (Lipinski definition) is 1. The first-order valence-electron chi connectivity index (χ1n) is 7.17. The maximum Gasteiger partial charge on any atom is 0.0439 e. The fraction of sp³-hybridized carbons (Fsp3) is 0.625. The van der Waals surface area contributed by atoms with Crippen LogP contribution in [0.2, 0.25) is 0 Å². The van der Waals surface area contributed by atoms with Crippen molar-refractivity contribution < 1.29 is 0 Å². The predicted octanol–water partition coefficient (Wildman–Crippen LogP) is 2.37. The summed E-state index contributed by atoms with van der Waals surface area (Å²) in [6.07, 6.45) is 3.95. The van der Waals surface area contributed by atoms with E-state index < -0.39 is 0 Å². The molecule has 0 heterocycles. The van der Waals surface area contributed by atoms with Crippen molar-refractivity contribution in [3.8, 4) is 0 Å². The molecular formula is C16H27N3. The van der Waals surface area contributed by atoms with E-state index in [9.17, 15) is 0 Å². The van der Waals surface area contributed by atoms with Crippen molar-refractivity contribution in [2.75, 3.05) is 32.6 Å². The summed E-state index contributed by atoms with van der Waals surface area (Å²) in [6, 6.07) is 6.41. The molecule has 2 rings (SSSR count). The van der Waals surface area contributed by atoms with Crippen molar-refractivity contribution in [1.82, 2.24) is 4.90 Å². The maximum absolute atomic E-state index is 5.89. The molecule has 1 aromatic rings. The number of para-hydroxylation sites is 1. The smallest absolute Gasteiger partial charge is 0.0439 e. The van der Waals surface area contributed by atoms with Crippen molar-refractivity contribution >= 4 is 5.69 Å². The Hall–Kier alpha value is -1.06. The van der Waals surface area contributed by atoms with Gasteiger partial charge >= 0.3 is 0 Å². The van der Waals surface area contributed by atoms with Crippen LogP contribution in [0.25, 0.3) is 0 Å². The Balaban J connectivity index is 2.22. The van der Waals surface area contributed by atoms with E-state index >= 15 is 0 Å². The second-order valence-corrected chi connectivity index (χ2v) is 6.12. The largest absolute Gasteiger partial charge is 0.372 e. The molecule has 19 heavy (non-hydrogen) atoms. The van der Waals surface area contributed by atoms with Gasteiger partial charge in [-0.25, -0.2) is 0 Å². The molecule has 3 heteroatoms. The van der Waals surface area contributed by atoms with Crippen molar-refractivity contribution in [1.29, 1.82) is 0 Å². The lowest BCUT2D eigenvalue weighted by molar-refractivity contribution is 0.0683. The quantitative estimate of drug-likeness (QED) is 0.883. The van der Waals surface area contributed by atoms with Crippen LogP contribution < -0.4 is 10.6 Å². The Kier molecular flexibility index (Phi) is 4.16. The molecule has 1 fully saturated rings. The summed E-state index contributed by atoms with van der Waals surface area (Å²) >= 11 is 0. The Morgan fingerprint density at radius 2 is 1.89 bits per heavy atom. The van der Waals surface area contributed by atoms with E-state index in [1.807, 2.05) is 0 Å². The molecule has 0 saturated heterocycles. The van der Waals surface area contributed by atoms with Crippen LogP contribution >= 0.6 is 0 Å². The van der Waals surface area contributed by atoms with Gasteiger partial charge in [-0.15, -0.1) is 0 Å². The molecule has 0 spiro atoms. The van der Waals surface area contributed by atoms with Crippen molar-refractivity contribution in [3.63, 3.8) is 0 Å². The Morgan fingerprint density at radius 3 is 2.37 bits per heavy atom. The summed E-state index contributed by atoms with van der Waals surface area (Å²) in [7, 11) is 6.61. The molecule has 1 aromatic carbocycles. The van der Waals surface area contributed by atoms with Crippen LogP contribution in [0.15, 0.2) is 18.2 Å². The highest BCUT2D eigenvalue weighted by Gasteiger charge is 2.40. The molecule has 1 saturated carbocycles. The lowest BCUT2D eigenvalue weighted by Gasteiger charge is -2.50. The van der Waals surface area contributed by atoms with Gasteiger partial charge in [0.15, 0.2) is 0 Å². The fourth-order valence-corrected chi connectivity index (χ4v) is 3.28.